The third-order valence-electron chi connectivity index (χ3n) is 2.92. The van der Waals surface area contributed by atoms with Gasteiger partial charge in [0.1, 0.15) is 0 Å². The molecule has 1 heterocycles. The summed E-state index contributed by atoms with van der Waals surface area (Å²) in [4.78, 5) is 35.5. The van der Waals surface area contributed by atoms with Crippen molar-refractivity contribution < 1.29 is 28.6 Å². The molecule has 0 unspecified atom stereocenters. The molecule has 1 fully saturated rings. The van der Waals surface area contributed by atoms with Gasteiger partial charge in [0.05, 0.1) is 13.2 Å². The third-order valence-corrected chi connectivity index (χ3v) is 2.92. The highest BCUT2D eigenvalue weighted by Crippen LogP contribution is 2.15. The van der Waals surface area contributed by atoms with E-state index in [1.807, 2.05) is 0 Å². The van der Waals surface area contributed by atoms with Crippen LogP contribution in [0.1, 0.15) is 26.7 Å². The van der Waals surface area contributed by atoms with Gasteiger partial charge >= 0.3 is 11.9 Å². The molecule has 0 aliphatic carbocycles. The van der Waals surface area contributed by atoms with E-state index >= 15 is 0 Å². The minimum absolute atomic E-state index is 0.127. The number of nitrogens with one attached hydrogen (secondary N) is 1. The normalized spacial score (nSPS) is 15.8. The van der Waals surface area contributed by atoms with Gasteiger partial charge in [-0.3, -0.25) is 4.79 Å². The Morgan fingerprint density at radius 1 is 1.10 bits per heavy atom. The molecule has 1 aliphatic heterocycles. The number of carbonyl (C=O) groups is 3. The standard InChI is InChI=1S/C13H21NO6/c1-3-19-12(16)10(13(17)20-4-2)14-11(15)9-5-7-18-8-6-9/h9-10H,3-8H2,1-2H3,(H,14,15). The lowest BCUT2D eigenvalue weighted by Gasteiger charge is -2.23. The first-order valence-electron chi connectivity index (χ1n) is 6.81. The zero-order valence-electron chi connectivity index (χ0n) is 11.8. The topological polar surface area (TPSA) is 90.9 Å². The van der Waals surface area contributed by atoms with Gasteiger partial charge in [-0.1, -0.05) is 0 Å². The molecule has 1 amide bonds. The van der Waals surface area contributed by atoms with Crippen LogP contribution in [0.3, 0.4) is 0 Å². The van der Waals surface area contributed by atoms with Crippen molar-refractivity contribution in [3.63, 3.8) is 0 Å². The van der Waals surface area contributed by atoms with Gasteiger partial charge in [0.25, 0.3) is 0 Å². The maximum atomic E-state index is 12.0. The minimum Gasteiger partial charge on any atom is -0.464 e. The Morgan fingerprint density at radius 2 is 1.60 bits per heavy atom. The molecular weight excluding hydrogens is 266 g/mol. The first-order chi connectivity index (χ1) is 9.60. The van der Waals surface area contributed by atoms with Crippen LogP contribution in [0, 0.1) is 5.92 Å². The molecule has 1 saturated heterocycles. The van der Waals surface area contributed by atoms with Gasteiger partial charge in [-0.25, -0.2) is 9.59 Å². The van der Waals surface area contributed by atoms with E-state index in [2.05, 4.69) is 5.32 Å². The van der Waals surface area contributed by atoms with Gasteiger partial charge in [0, 0.05) is 19.1 Å². The smallest absolute Gasteiger partial charge is 0.340 e. The number of amides is 1. The van der Waals surface area contributed by atoms with Crippen LogP contribution in [-0.4, -0.2) is 50.3 Å². The number of rotatable bonds is 6. The molecule has 7 nitrogen and oxygen atoms in total. The van der Waals surface area contributed by atoms with E-state index in [1.54, 1.807) is 13.8 Å². The predicted octanol–water partition coefficient (Wildman–Crippen LogP) is 0.0240. The molecule has 114 valence electrons. The van der Waals surface area contributed by atoms with E-state index in [1.165, 1.54) is 0 Å². The summed E-state index contributed by atoms with van der Waals surface area (Å²) >= 11 is 0. The van der Waals surface area contributed by atoms with Crippen molar-refractivity contribution >= 4 is 17.8 Å². The highest BCUT2D eigenvalue weighted by molar-refractivity contribution is 6.02. The number of hydrogen-bond donors (Lipinski definition) is 1. The van der Waals surface area contributed by atoms with Crippen LogP contribution in [0.25, 0.3) is 0 Å². The highest BCUT2D eigenvalue weighted by Gasteiger charge is 2.33. The predicted molar refractivity (Wildman–Crippen MR) is 68.7 cm³/mol. The Bertz CT molecular complexity index is 333. The fourth-order valence-electron chi connectivity index (χ4n) is 1.89. The third kappa shape index (κ3) is 4.80. The van der Waals surface area contributed by atoms with Crippen LogP contribution in [0.4, 0.5) is 0 Å². The summed E-state index contributed by atoms with van der Waals surface area (Å²) in [6, 6.07) is -1.40. The number of carbonyl (C=O) groups excluding carboxylic acids is 3. The van der Waals surface area contributed by atoms with E-state index in [0.717, 1.165) is 0 Å². The van der Waals surface area contributed by atoms with Crippen LogP contribution >= 0.6 is 0 Å². The van der Waals surface area contributed by atoms with Crippen molar-refractivity contribution in [3.05, 3.63) is 0 Å². The van der Waals surface area contributed by atoms with Crippen molar-refractivity contribution in [1.29, 1.82) is 0 Å². The number of ether oxygens (including phenoxy) is 3. The van der Waals surface area contributed by atoms with Crippen LogP contribution in [0.15, 0.2) is 0 Å². The number of esters is 2. The van der Waals surface area contributed by atoms with Crippen LogP contribution in [-0.2, 0) is 28.6 Å². The van der Waals surface area contributed by atoms with Crippen LogP contribution < -0.4 is 5.32 Å². The van der Waals surface area contributed by atoms with E-state index in [4.69, 9.17) is 14.2 Å². The summed E-state index contributed by atoms with van der Waals surface area (Å²) in [6.07, 6.45) is 1.15. The zero-order valence-corrected chi connectivity index (χ0v) is 11.8. The summed E-state index contributed by atoms with van der Waals surface area (Å²) in [7, 11) is 0. The molecular formula is C13H21NO6. The lowest BCUT2D eigenvalue weighted by atomic mass is 9.99. The summed E-state index contributed by atoms with van der Waals surface area (Å²) < 4.78 is 14.7. The van der Waals surface area contributed by atoms with Crippen molar-refractivity contribution in [3.8, 4) is 0 Å². The first-order valence-corrected chi connectivity index (χ1v) is 6.81. The highest BCUT2D eigenvalue weighted by atomic mass is 16.6. The average Bonchev–Trinajstić information content (AvgIpc) is 2.45. The van der Waals surface area contributed by atoms with Crippen molar-refractivity contribution in [1.82, 2.24) is 5.32 Å². The maximum absolute atomic E-state index is 12.0. The molecule has 0 aromatic rings. The SMILES string of the molecule is CCOC(=O)C(NC(=O)C1CCOCC1)C(=O)OCC. The molecule has 0 aromatic heterocycles. The zero-order chi connectivity index (χ0) is 15.0. The van der Waals surface area contributed by atoms with Gasteiger partial charge in [0.2, 0.25) is 11.9 Å². The Morgan fingerprint density at radius 3 is 2.05 bits per heavy atom. The first kappa shape index (κ1) is 16.4. The Labute approximate surface area is 117 Å². The second-order valence-corrected chi connectivity index (χ2v) is 4.33. The Kier molecular flexibility index (Phi) is 7.00. The van der Waals surface area contributed by atoms with Gasteiger partial charge in [-0.05, 0) is 26.7 Å². The van der Waals surface area contributed by atoms with E-state index < -0.39 is 18.0 Å². The molecule has 0 spiro atoms. The van der Waals surface area contributed by atoms with Crippen LogP contribution in [0.5, 0.6) is 0 Å². The number of hydrogen-bond acceptors (Lipinski definition) is 6. The van der Waals surface area contributed by atoms with Gasteiger partial charge in [-0.2, -0.15) is 0 Å². The molecule has 1 aliphatic rings. The summed E-state index contributed by atoms with van der Waals surface area (Å²) in [5.41, 5.74) is 0. The molecule has 0 saturated carbocycles. The minimum atomic E-state index is -1.40. The van der Waals surface area contributed by atoms with E-state index in [9.17, 15) is 14.4 Å². The van der Waals surface area contributed by atoms with Gasteiger partial charge < -0.3 is 19.5 Å². The molecule has 7 heteroatoms. The molecule has 0 radical (unpaired) electrons. The quantitative estimate of drug-likeness (QED) is 0.547. The molecule has 0 aromatic carbocycles. The lowest BCUT2D eigenvalue weighted by Crippen LogP contribution is -2.50. The maximum Gasteiger partial charge on any atom is 0.340 e. The van der Waals surface area contributed by atoms with E-state index in [0.29, 0.717) is 26.1 Å². The summed E-state index contributed by atoms with van der Waals surface area (Å²) in [5.74, 6) is -2.20. The fraction of sp³-hybridized carbons (Fsp3) is 0.769. The molecule has 1 rings (SSSR count). The van der Waals surface area contributed by atoms with Crippen molar-refractivity contribution in [2.75, 3.05) is 26.4 Å². The Balaban J connectivity index is 2.64. The molecule has 20 heavy (non-hydrogen) atoms. The largest absolute Gasteiger partial charge is 0.464 e. The monoisotopic (exact) mass is 287 g/mol. The van der Waals surface area contributed by atoms with Crippen molar-refractivity contribution in [2.24, 2.45) is 5.92 Å². The second-order valence-electron chi connectivity index (χ2n) is 4.33. The molecule has 0 atom stereocenters. The van der Waals surface area contributed by atoms with Crippen molar-refractivity contribution in [2.45, 2.75) is 32.7 Å². The molecule has 1 N–H and O–H groups in total. The van der Waals surface area contributed by atoms with Crippen LogP contribution in [0.2, 0.25) is 0 Å². The fourth-order valence-corrected chi connectivity index (χ4v) is 1.89. The Hall–Kier alpha value is -1.63. The molecule has 0 bridgehead atoms. The lowest BCUT2D eigenvalue weighted by molar-refractivity contribution is -0.160. The van der Waals surface area contributed by atoms with E-state index in [-0.39, 0.29) is 25.0 Å². The summed E-state index contributed by atoms with van der Waals surface area (Å²) in [6.45, 7) is 4.51. The van der Waals surface area contributed by atoms with Gasteiger partial charge in [0.15, 0.2) is 0 Å². The second kappa shape index (κ2) is 8.52. The average molecular weight is 287 g/mol. The summed E-state index contributed by atoms with van der Waals surface area (Å²) in [5, 5.41) is 2.41. The van der Waals surface area contributed by atoms with Gasteiger partial charge in [-0.15, -0.1) is 0 Å².